The number of nitriles is 1. The normalized spacial score (nSPS) is 18.2. The zero-order valence-corrected chi connectivity index (χ0v) is 15.2. The number of ether oxygens (including phenoxy) is 1. The van der Waals surface area contributed by atoms with E-state index in [0.717, 1.165) is 23.2 Å². The maximum absolute atomic E-state index is 9.31. The Hall–Kier alpha value is -2.18. The van der Waals surface area contributed by atoms with Gasteiger partial charge < -0.3 is 10.1 Å². The van der Waals surface area contributed by atoms with Crippen molar-refractivity contribution in [3.63, 3.8) is 0 Å². The Bertz CT molecular complexity index is 836. The van der Waals surface area contributed by atoms with Crippen LogP contribution < -0.4 is 10.1 Å². The fourth-order valence-corrected chi connectivity index (χ4v) is 3.93. The van der Waals surface area contributed by atoms with E-state index in [1.165, 1.54) is 5.56 Å². The van der Waals surface area contributed by atoms with Gasteiger partial charge in [-0.25, -0.2) is 0 Å². The second-order valence-corrected chi connectivity index (χ2v) is 7.44. The van der Waals surface area contributed by atoms with Gasteiger partial charge in [0.25, 0.3) is 0 Å². The molecule has 3 nitrogen and oxygen atoms in total. The van der Waals surface area contributed by atoms with Crippen LogP contribution in [-0.4, -0.2) is 12.6 Å². The highest BCUT2D eigenvalue weighted by Crippen LogP contribution is 2.45. The van der Waals surface area contributed by atoms with Crippen LogP contribution in [0.15, 0.2) is 30.3 Å². The molecule has 0 fully saturated rings. The smallest absolute Gasteiger partial charge is 0.144 e. The molecule has 0 saturated heterocycles. The van der Waals surface area contributed by atoms with Crippen LogP contribution in [0.4, 0.5) is 5.69 Å². The van der Waals surface area contributed by atoms with Gasteiger partial charge in [0.2, 0.25) is 0 Å². The Morgan fingerprint density at radius 3 is 2.71 bits per heavy atom. The number of para-hydroxylation sites is 1. The lowest BCUT2D eigenvalue weighted by atomic mass is 9.81. The van der Waals surface area contributed by atoms with Gasteiger partial charge in [0.15, 0.2) is 0 Å². The molecule has 4 heteroatoms. The van der Waals surface area contributed by atoms with Gasteiger partial charge in [0, 0.05) is 22.4 Å². The van der Waals surface area contributed by atoms with Crippen molar-refractivity contribution in [3.05, 3.63) is 46.5 Å². The first-order chi connectivity index (χ1) is 11.4. The zero-order chi connectivity index (χ0) is 17.5. The average molecular weight is 341 g/mol. The molecule has 1 heterocycles. The molecular formula is C20H21ClN2O. The van der Waals surface area contributed by atoms with Crippen LogP contribution in [-0.2, 0) is 0 Å². The first kappa shape index (κ1) is 16.7. The fraction of sp³-hybridized carbons (Fsp3) is 0.350. The minimum Gasteiger partial charge on any atom is -0.495 e. The van der Waals surface area contributed by atoms with E-state index in [0.29, 0.717) is 22.3 Å². The van der Waals surface area contributed by atoms with E-state index in [2.05, 4.69) is 38.2 Å². The molecule has 1 aliphatic heterocycles. The van der Waals surface area contributed by atoms with E-state index in [9.17, 15) is 5.26 Å². The zero-order valence-electron chi connectivity index (χ0n) is 14.4. The Balaban J connectivity index is 2.19. The third kappa shape index (κ3) is 2.83. The number of fused-ring (bicyclic) bond motifs is 1. The number of hydrogen-bond donors (Lipinski definition) is 1. The average Bonchev–Trinajstić information content (AvgIpc) is 2.52. The highest BCUT2D eigenvalue weighted by Gasteiger charge is 2.30. The number of nitrogens with zero attached hydrogens (tertiary/aromatic N) is 1. The topological polar surface area (TPSA) is 45.0 Å². The third-order valence-corrected chi connectivity index (χ3v) is 4.90. The van der Waals surface area contributed by atoms with Crippen molar-refractivity contribution in [3.8, 4) is 22.9 Å². The molecule has 0 bridgehead atoms. The van der Waals surface area contributed by atoms with Crippen LogP contribution in [0.25, 0.3) is 11.1 Å². The minimum absolute atomic E-state index is 0.0513. The summed E-state index contributed by atoms with van der Waals surface area (Å²) in [5.41, 5.74) is 4.65. The second-order valence-electron chi connectivity index (χ2n) is 7.03. The predicted octanol–water partition coefficient (Wildman–Crippen LogP) is 5.58. The number of anilines is 1. The van der Waals surface area contributed by atoms with E-state index in [4.69, 9.17) is 16.3 Å². The van der Waals surface area contributed by atoms with E-state index in [-0.39, 0.29) is 5.54 Å². The summed E-state index contributed by atoms with van der Waals surface area (Å²) in [6, 6.07) is 11.8. The van der Waals surface area contributed by atoms with Gasteiger partial charge in [-0.3, -0.25) is 0 Å². The molecule has 3 rings (SSSR count). The van der Waals surface area contributed by atoms with Gasteiger partial charge in [-0.1, -0.05) is 30.7 Å². The van der Waals surface area contributed by atoms with Crippen molar-refractivity contribution in [2.24, 2.45) is 0 Å². The van der Waals surface area contributed by atoms with Crippen molar-refractivity contribution in [1.29, 1.82) is 5.26 Å². The van der Waals surface area contributed by atoms with Gasteiger partial charge in [-0.2, -0.15) is 5.26 Å². The van der Waals surface area contributed by atoms with Crippen molar-refractivity contribution < 1.29 is 4.74 Å². The third-order valence-electron chi connectivity index (χ3n) is 4.59. The molecule has 1 atom stereocenters. The highest BCUT2D eigenvalue weighted by atomic mass is 35.5. The summed E-state index contributed by atoms with van der Waals surface area (Å²) < 4.78 is 5.48. The molecule has 0 spiro atoms. The molecule has 0 radical (unpaired) electrons. The lowest BCUT2D eigenvalue weighted by Crippen LogP contribution is -2.36. The van der Waals surface area contributed by atoms with E-state index in [1.807, 2.05) is 18.2 Å². The Kier molecular flexibility index (Phi) is 4.19. The Morgan fingerprint density at radius 1 is 1.29 bits per heavy atom. The number of methoxy groups -OCH3 is 1. The predicted molar refractivity (Wildman–Crippen MR) is 98.9 cm³/mol. The van der Waals surface area contributed by atoms with E-state index in [1.54, 1.807) is 13.2 Å². The molecule has 0 aromatic heterocycles. The van der Waals surface area contributed by atoms with Crippen LogP contribution in [0, 0.1) is 11.3 Å². The summed E-state index contributed by atoms with van der Waals surface area (Å²) in [5.74, 6) is 0.996. The molecule has 2 aromatic carbocycles. The maximum atomic E-state index is 9.31. The minimum atomic E-state index is 0.0513. The highest BCUT2D eigenvalue weighted by molar-refractivity contribution is 6.33. The van der Waals surface area contributed by atoms with Crippen LogP contribution in [0.2, 0.25) is 5.02 Å². The number of nitrogens with one attached hydrogen (secondary N) is 1. The number of benzene rings is 2. The molecule has 0 amide bonds. The summed E-state index contributed by atoms with van der Waals surface area (Å²) in [7, 11) is 1.58. The first-order valence-electron chi connectivity index (χ1n) is 8.05. The first-order valence-corrected chi connectivity index (χ1v) is 8.43. The van der Waals surface area contributed by atoms with Crippen LogP contribution >= 0.6 is 11.6 Å². The molecule has 1 aliphatic rings. The molecule has 1 N–H and O–H groups in total. The van der Waals surface area contributed by atoms with Crippen molar-refractivity contribution in [2.45, 2.75) is 38.6 Å². The Morgan fingerprint density at radius 2 is 2.04 bits per heavy atom. The lowest BCUT2D eigenvalue weighted by molar-refractivity contribution is 0.415. The van der Waals surface area contributed by atoms with Gasteiger partial charge >= 0.3 is 0 Å². The standard InChI is InChI=1S/C20H21ClN2O/c1-12-10-20(2,3)23-18-9-17(21)16(8-15(12)18)14-7-5-6-13(11-22)19(14)24-4/h5-9,12,23H,10H2,1-4H3. The van der Waals surface area contributed by atoms with Crippen LogP contribution in [0.5, 0.6) is 5.75 Å². The number of halogens is 1. The largest absolute Gasteiger partial charge is 0.495 e. The van der Waals surface area contributed by atoms with Gasteiger partial charge in [0.1, 0.15) is 11.8 Å². The maximum Gasteiger partial charge on any atom is 0.144 e. The molecule has 1 unspecified atom stereocenters. The fourth-order valence-electron chi connectivity index (χ4n) is 3.66. The number of hydrogen-bond acceptors (Lipinski definition) is 3. The molecule has 0 aliphatic carbocycles. The second kappa shape index (κ2) is 6.03. The SMILES string of the molecule is COc1c(C#N)cccc1-c1cc2c(cc1Cl)NC(C)(C)CC2C. The van der Waals surface area contributed by atoms with Crippen LogP contribution in [0.3, 0.4) is 0 Å². The van der Waals surface area contributed by atoms with Crippen LogP contribution in [0.1, 0.15) is 44.2 Å². The molecule has 2 aromatic rings. The van der Waals surface area contributed by atoms with Gasteiger partial charge in [0.05, 0.1) is 17.7 Å². The van der Waals surface area contributed by atoms with Crippen molar-refractivity contribution in [2.75, 3.05) is 12.4 Å². The summed E-state index contributed by atoms with van der Waals surface area (Å²) in [4.78, 5) is 0. The summed E-state index contributed by atoms with van der Waals surface area (Å²) in [5, 5.41) is 13.5. The Labute approximate surface area is 148 Å². The molecule has 124 valence electrons. The monoisotopic (exact) mass is 340 g/mol. The van der Waals surface area contributed by atoms with Gasteiger partial charge in [-0.05, 0) is 49.9 Å². The van der Waals surface area contributed by atoms with E-state index < -0.39 is 0 Å². The summed E-state index contributed by atoms with van der Waals surface area (Å²) >= 11 is 6.58. The summed E-state index contributed by atoms with van der Waals surface area (Å²) in [6.45, 7) is 6.64. The summed E-state index contributed by atoms with van der Waals surface area (Å²) in [6.07, 6.45) is 1.05. The van der Waals surface area contributed by atoms with Crippen molar-refractivity contribution >= 4 is 17.3 Å². The lowest BCUT2D eigenvalue weighted by Gasteiger charge is -2.38. The molecule has 24 heavy (non-hydrogen) atoms. The van der Waals surface area contributed by atoms with Crippen molar-refractivity contribution in [1.82, 2.24) is 0 Å². The van der Waals surface area contributed by atoms with Gasteiger partial charge in [-0.15, -0.1) is 0 Å². The van der Waals surface area contributed by atoms with E-state index >= 15 is 0 Å². The quantitative estimate of drug-likeness (QED) is 0.775. The molecule has 0 saturated carbocycles. The molecular weight excluding hydrogens is 320 g/mol. The number of rotatable bonds is 2.